The van der Waals surface area contributed by atoms with E-state index in [1.165, 1.54) is 5.56 Å². The third kappa shape index (κ3) is 6.44. The molecule has 1 heterocycles. The molecule has 1 fully saturated rings. The molecule has 1 amide bonds. The molecule has 3 rings (SSSR count). The number of hydrazone groups is 1. The number of carbonyl (C=O) groups is 1. The quantitative estimate of drug-likeness (QED) is 0.525. The molecule has 6 nitrogen and oxygen atoms in total. The van der Waals surface area contributed by atoms with E-state index in [-0.39, 0.29) is 5.91 Å². The number of hydrogen-bond donors (Lipinski definition) is 1. The lowest BCUT2D eigenvalue weighted by atomic mass is 10.1. The first-order valence-electron chi connectivity index (χ1n) is 9.20. The molecule has 2 aromatic rings. The van der Waals surface area contributed by atoms with Crippen molar-refractivity contribution in [1.29, 1.82) is 0 Å². The van der Waals surface area contributed by atoms with Gasteiger partial charge < -0.3 is 9.47 Å². The number of hydrogen-bond acceptors (Lipinski definition) is 5. The van der Waals surface area contributed by atoms with E-state index in [0.29, 0.717) is 26.4 Å². The van der Waals surface area contributed by atoms with Crippen molar-refractivity contribution >= 4 is 28.1 Å². The predicted octanol–water partition coefficient (Wildman–Crippen LogP) is 3.12. The number of aryl methyl sites for hydroxylation is 1. The van der Waals surface area contributed by atoms with Crippen LogP contribution in [-0.4, -0.2) is 49.9 Å². The minimum absolute atomic E-state index is 0.129. The molecule has 28 heavy (non-hydrogen) atoms. The molecule has 0 bridgehead atoms. The van der Waals surface area contributed by atoms with Crippen molar-refractivity contribution in [1.82, 2.24) is 10.3 Å². The van der Waals surface area contributed by atoms with E-state index in [1.54, 1.807) is 6.21 Å². The number of amides is 1. The lowest BCUT2D eigenvalue weighted by Crippen LogP contribution is -2.42. The predicted molar refractivity (Wildman–Crippen MR) is 113 cm³/mol. The van der Waals surface area contributed by atoms with Crippen molar-refractivity contribution < 1.29 is 14.3 Å². The van der Waals surface area contributed by atoms with Gasteiger partial charge in [-0.2, -0.15) is 5.10 Å². The zero-order valence-corrected chi connectivity index (χ0v) is 17.4. The Kier molecular flexibility index (Phi) is 7.59. The summed E-state index contributed by atoms with van der Waals surface area (Å²) >= 11 is 3.53. The fourth-order valence-corrected chi connectivity index (χ4v) is 3.36. The summed E-state index contributed by atoms with van der Waals surface area (Å²) in [6.45, 7) is 5.78. The minimum Gasteiger partial charge on any atom is -0.488 e. The van der Waals surface area contributed by atoms with E-state index in [9.17, 15) is 4.79 Å². The van der Waals surface area contributed by atoms with Crippen LogP contribution in [0.25, 0.3) is 0 Å². The normalized spacial score (nSPS) is 14.9. The van der Waals surface area contributed by atoms with E-state index in [1.807, 2.05) is 35.2 Å². The Morgan fingerprint density at radius 1 is 1.29 bits per heavy atom. The van der Waals surface area contributed by atoms with Crippen LogP contribution in [0, 0.1) is 6.92 Å². The first kappa shape index (κ1) is 20.5. The molecule has 0 unspecified atom stereocenters. The van der Waals surface area contributed by atoms with Crippen LogP contribution in [-0.2, 0) is 16.1 Å². The van der Waals surface area contributed by atoms with Gasteiger partial charge in [0.15, 0.2) is 0 Å². The summed E-state index contributed by atoms with van der Waals surface area (Å²) in [6.07, 6.45) is 1.62. The van der Waals surface area contributed by atoms with Crippen LogP contribution in [0.2, 0.25) is 0 Å². The average molecular weight is 446 g/mol. The molecule has 1 aliphatic heterocycles. The Morgan fingerprint density at radius 3 is 2.86 bits per heavy atom. The van der Waals surface area contributed by atoms with Gasteiger partial charge in [0.25, 0.3) is 5.91 Å². The van der Waals surface area contributed by atoms with Crippen LogP contribution in [0.3, 0.4) is 0 Å². The minimum atomic E-state index is -0.129. The molecular formula is C21H24BrN3O3. The monoisotopic (exact) mass is 445 g/mol. The number of ether oxygens (including phenoxy) is 2. The van der Waals surface area contributed by atoms with E-state index in [0.717, 1.165) is 34.4 Å². The van der Waals surface area contributed by atoms with Gasteiger partial charge in [-0.15, -0.1) is 0 Å². The lowest BCUT2D eigenvalue weighted by Gasteiger charge is -2.25. The summed E-state index contributed by atoms with van der Waals surface area (Å²) in [5.74, 6) is 0.630. The fraction of sp³-hybridized carbons (Fsp3) is 0.333. The third-order valence-corrected chi connectivity index (χ3v) is 4.93. The summed E-state index contributed by atoms with van der Waals surface area (Å²) in [5, 5.41) is 4.04. The number of halogens is 1. The van der Waals surface area contributed by atoms with Gasteiger partial charge in [0, 0.05) is 13.1 Å². The van der Waals surface area contributed by atoms with Gasteiger partial charge in [0.05, 0.1) is 30.4 Å². The van der Waals surface area contributed by atoms with Gasteiger partial charge >= 0.3 is 0 Å². The molecule has 0 aromatic heterocycles. The summed E-state index contributed by atoms with van der Waals surface area (Å²) in [7, 11) is 0. The maximum Gasteiger partial charge on any atom is 0.254 e. The van der Waals surface area contributed by atoms with Crippen LogP contribution in [0.1, 0.15) is 16.7 Å². The molecular weight excluding hydrogens is 422 g/mol. The van der Waals surface area contributed by atoms with E-state index >= 15 is 0 Å². The first-order valence-corrected chi connectivity index (χ1v) is 9.99. The van der Waals surface area contributed by atoms with Gasteiger partial charge in [0.2, 0.25) is 0 Å². The second-order valence-corrected chi connectivity index (χ2v) is 7.50. The molecule has 2 aromatic carbocycles. The zero-order valence-electron chi connectivity index (χ0n) is 15.9. The number of benzene rings is 2. The second kappa shape index (κ2) is 10.4. The Balaban J connectivity index is 1.49. The van der Waals surface area contributed by atoms with Gasteiger partial charge in [-0.25, -0.2) is 5.43 Å². The smallest absolute Gasteiger partial charge is 0.254 e. The Hall–Kier alpha value is -2.22. The number of nitrogens with zero attached hydrogens (tertiary/aromatic N) is 2. The van der Waals surface area contributed by atoms with Gasteiger partial charge in [-0.05, 0) is 52.2 Å². The van der Waals surface area contributed by atoms with Crippen molar-refractivity contribution in [2.45, 2.75) is 13.5 Å². The van der Waals surface area contributed by atoms with Crippen LogP contribution in [0.4, 0.5) is 0 Å². The molecule has 0 atom stereocenters. The number of rotatable bonds is 7. The fourth-order valence-electron chi connectivity index (χ4n) is 2.85. The van der Waals surface area contributed by atoms with E-state index in [2.05, 4.69) is 45.5 Å². The standard InChI is InChI=1S/C21H24BrN3O3/c1-16-3-2-4-18(11-16)15-28-20-6-5-17(12-19(20)22)13-23-24-21(26)14-25-7-9-27-10-8-25/h2-6,11-13H,7-10,14-15H2,1H3,(H,24,26)/b23-13+. The van der Waals surface area contributed by atoms with Crippen molar-refractivity contribution in [3.8, 4) is 5.75 Å². The lowest BCUT2D eigenvalue weighted by molar-refractivity contribution is -0.123. The highest BCUT2D eigenvalue weighted by molar-refractivity contribution is 9.10. The molecule has 0 saturated carbocycles. The average Bonchev–Trinajstić information content (AvgIpc) is 2.68. The summed E-state index contributed by atoms with van der Waals surface area (Å²) < 4.78 is 12.0. The van der Waals surface area contributed by atoms with Crippen LogP contribution >= 0.6 is 15.9 Å². The van der Waals surface area contributed by atoms with Crippen molar-refractivity contribution in [3.05, 3.63) is 63.6 Å². The molecule has 0 spiro atoms. The number of carbonyl (C=O) groups excluding carboxylic acids is 1. The topological polar surface area (TPSA) is 63.2 Å². The molecule has 1 N–H and O–H groups in total. The van der Waals surface area contributed by atoms with Crippen LogP contribution in [0.5, 0.6) is 5.75 Å². The Bertz CT molecular complexity index is 835. The van der Waals surface area contributed by atoms with Crippen molar-refractivity contribution in [3.63, 3.8) is 0 Å². The number of nitrogens with one attached hydrogen (secondary N) is 1. The second-order valence-electron chi connectivity index (χ2n) is 6.65. The van der Waals surface area contributed by atoms with E-state index in [4.69, 9.17) is 9.47 Å². The Morgan fingerprint density at radius 2 is 2.11 bits per heavy atom. The molecule has 148 valence electrons. The van der Waals surface area contributed by atoms with Crippen LogP contribution < -0.4 is 10.2 Å². The van der Waals surface area contributed by atoms with E-state index < -0.39 is 0 Å². The van der Waals surface area contributed by atoms with Crippen molar-refractivity contribution in [2.24, 2.45) is 5.10 Å². The maximum absolute atomic E-state index is 11.9. The summed E-state index contributed by atoms with van der Waals surface area (Å²) in [5.41, 5.74) is 5.76. The van der Waals surface area contributed by atoms with Gasteiger partial charge in [-0.1, -0.05) is 29.8 Å². The third-order valence-electron chi connectivity index (χ3n) is 4.31. The van der Waals surface area contributed by atoms with Gasteiger partial charge in [0.1, 0.15) is 12.4 Å². The highest BCUT2D eigenvalue weighted by Crippen LogP contribution is 2.26. The van der Waals surface area contributed by atoms with Crippen molar-refractivity contribution in [2.75, 3.05) is 32.8 Å². The SMILES string of the molecule is Cc1cccc(COc2ccc(/C=N/NC(=O)CN3CCOCC3)cc2Br)c1. The van der Waals surface area contributed by atoms with Gasteiger partial charge in [-0.3, -0.25) is 9.69 Å². The zero-order chi connectivity index (χ0) is 19.8. The molecule has 0 radical (unpaired) electrons. The molecule has 1 aliphatic rings. The number of morpholine rings is 1. The Labute approximate surface area is 173 Å². The maximum atomic E-state index is 11.9. The highest BCUT2D eigenvalue weighted by atomic mass is 79.9. The largest absolute Gasteiger partial charge is 0.488 e. The highest BCUT2D eigenvalue weighted by Gasteiger charge is 2.13. The molecule has 1 saturated heterocycles. The molecule has 7 heteroatoms. The van der Waals surface area contributed by atoms with Crippen LogP contribution in [0.15, 0.2) is 52.0 Å². The first-order chi connectivity index (χ1) is 13.6. The summed E-state index contributed by atoms with van der Waals surface area (Å²) in [4.78, 5) is 14.0. The summed E-state index contributed by atoms with van der Waals surface area (Å²) in [6, 6.07) is 13.9. The molecule has 0 aliphatic carbocycles.